The molecule has 1 aliphatic rings. The normalized spacial score (nSPS) is 22.0. The first-order chi connectivity index (χ1) is 11.5. The summed E-state index contributed by atoms with van der Waals surface area (Å²) >= 11 is 0. The molecule has 1 saturated carbocycles. The molecule has 24 heavy (non-hydrogen) atoms. The van der Waals surface area contributed by atoms with Crippen LogP contribution in [0.15, 0.2) is 30.3 Å². The second kappa shape index (κ2) is 9.83. The molecular weight excluding hydrogens is 298 g/mol. The van der Waals surface area contributed by atoms with Crippen LogP contribution in [0.5, 0.6) is 0 Å². The predicted octanol–water partition coefficient (Wildman–Crippen LogP) is 4.66. The number of carbonyl (C=O) groups is 1. The Morgan fingerprint density at radius 1 is 1.21 bits per heavy atom. The zero-order valence-corrected chi connectivity index (χ0v) is 15.2. The third-order valence-corrected chi connectivity index (χ3v) is 5.26. The number of carboxylic acids is 1. The minimum Gasteiger partial charge on any atom is -0.481 e. The van der Waals surface area contributed by atoms with Crippen LogP contribution in [0.1, 0.15) is 64.4 Å². The van der Waals surface area contributed by atoms with Crippen LogP contribution in [-0.2, 0) is 11.2 Å². The maximum Gasteiger partial charge on any atom is 0.303 e. The van der Waals surface area contributed by atoms with E-state index in [0.717, 1.165) is 18.3 Å². The molecule has 134 valence electrons. The van der Waals surface area contributed by atoms with E-state index >= 15 is 0 Å². The third kappa shape index (κ3) is 6.64. The molecular formula is C21H33NO2. The molecule has 0 aromatic heterocycles. The summed E-state index contributed by atoms with van der Waals surface area (Å²) in [6.07, 6.45) is 8.32. The highest BCUT2D eigenvalue weighted by atomic mass is 16.4. The summed E-state index contributed by atoms with van der Waals surface area (Å²) < 4.78 is 0. The van der Waals surface area contributed by atoms with Crippen molar-refractivity contribution < 1.29 is 9.90 Å². The van der Waals surface area contributed by atoms with Crippen LogP contribution in [-0.4, -0.2) is 23.2 Å². The van der Waals surface area contributed by atoms with Gasteiger partial charge in [0.1, 0.15) is 0 Å². The number of carboxylic acid groups (broad SMARTS) is 1. The number of hydrogen-bond acceptors (Lipinski definition) is 2. The fraction of sp³-hybridized carbons (Fsp3) is 0.667. The molecule has 0 heterocycles. The molecule has 0 radical (unpaired) electrons. The fourth-order valence-corrected chi connectivity index (χ4v) is 3.89. The summed E-state index contributed by atoms with van der Waals surface area (Å²) in [5.74, 6) is 0.825. The Balaban J connectivity index is 1.94. The van der Waals surface area contributed by atoms with E-state index in [1.165, 1.54) is 37.7 Å². The molecule has 3 nitrogen and oxygen atoms in total. The van der Waals surface area contributed by atoms with Gasteiger partial charge in [-0.15, -0.1) is 0 Å². The summed E-state index contributed by atoms with van der Waals surface area (Å²) in [6, 6.07) is 11.2. The molecule has 3 atom stereocenters. The van der Waals surface area contributed by atoms with Crippen molar-refractivity contribution >= 4 is 5.97 Å². The van der Waals surface area contributed by atoms with Gasteiger partial charge in [0.2, 0.25) is 0 Å². The van der Waals surface area contributed by atoms with Gasteiger partial charge in [-0.2, -0.15) is 0 Å². The minimum atomic E-state index is -0.697. The van der Waals surface area contributed by atoms with Crippen LogP contribution >= 0.6 is 0 Å². The van der Waals surface area contributed by atoms with Crippen LogP contribution in [0.2, 0.25) is 0 Å². The van der Waals surface area contributed by atoms with E-state index in [2.05, 4.69) is 43.4 Å². The largest absolute Gasteiger partial charge is 0.481 e. The predicted molar refractivity (Wildman–Crippen MR) is 99.1 cm³/mol. The fourth-order valence-electron chi connectivity index (χ4n) is 3.89. The van der Waals surface area contributed by atoms with E-state index in [4.69, 9.17) is 5.11 Å². The van der Waals surface area contributed by atoms with Gasteiger partial charge in [-0.3, -0.25) is 4.79 Å². The Labute approximate surface area is 146 Å². The van der Waals surface area contributed by atoms with Crippen molar-refractivity contribution in [1.82, 2.24) is 5.32 Å². The van der Waals surface area contributed by atoms with Crippen LogP contribution in [0.25, 0.3) is 0 Å². The van der Waals surface area contributed by atoms with Gasteiger partial charge in [-0.05, 0) is 49.5 Å². The zero-order chi connectivity index (χ0) is 17.4. The van der Waals surface area contributed by atoms with E-state index in [1.54, 1.807) is 0 Å². The van der Waals surface area contributed by atoms with E-state index in [-0.39, 0.29) is 12.5 Å². The van der Waals surface area contributed by atoms with Gasteiger partial charge in [0.15, 0.2) is 0 Å². The van der Waals surface area contributed by atoms with Gasteiger partial charge in [0.25, 0.3) is 0 Å². The highest BCUT2D eigenvalue weighted by molar-refractivity contribution is 5.66. The van der Waals surface area contributed by atoms with E-state index in [1.807, 2.05) is 6.07 Å². The summed E-state index contributed by atoms with van der Waals surface area (Å²) in [6.45, 7) is 4.59. The van der Waals surface area contributed by atoms with Crippen molar-refractivity contribution in [3.63, 3.8) is 0 Å². The highest BCUT2D eigenvalue weighted by Gasteiger charge is 2.29. The Bertz CT molecular complexity index is 486. The van der Waals surface area contributed by atoms with Gasteiger partial charge in [0.05, 0.1) is 0 Å². The topological polar surface area (TPSA) is 49.3 Å². The minimum absolute atomic E-state index is 0.244. The number of aliphatic carboxylic acids is 1. The molecule has 2 N–H and O–H groups in total. The van der Waals surface area contributed by atoms with Crippen molar-refractivity contribution in [2.45, 2.75) is 77.3 Å². The van der Waals surface area contributed by atoms with Gasteiger partial charge in [0, 0.05) is 18.5 Å². The molecule has 1 aromatic carbocycles. The molecule has 3 unspecified atom stereocenters. The van der Waals surface area contributed by atoms with Crippen LogP contribution in [0.3, 0.4) is 0 Å². The Hall–Kier alpha value is -1.35. The summed E-state index contributed by atoms with van der Waals surface area (Å²) in [4.78, 5) is 11.0. The van der Waals surface area contributed by atoms with E-state index in [9.17, 15) is 4.79 Å². The lowest BCUT2D eigenvalue weighted by atomic mass is 9.92. The van der Waals surface area contributed by atoms with Gasteiger partial charge in [-0.25, -0.2) is 0 Å². The second-order valence-electron chi connectivity index (χ2n) is 7.75. The molecule has 3 heteroatoms. The maximum atomic E-state index is 11.0. The molecule has 1 aliphatic carbocycles. The lowest BCUT2D eigenvalue weighted by molar-refractivity contribution is -0.137. The number of rotatable bonds is 10. The standard InChI is InChI=1S/C21H33NO2/c1-16(2)11-12-18-9-6-10-20(18)22-19(13-14-21(23)24)15-17-7-4-3-5-8-17/h3-5,7-8,16,18-20,22H,6,9-15H2,1-2H3,(H,23,24). The van der Waals surface area contributed by atoms with Crippen molar-refractivity contribution in [3.8, 4) is 0 Å². The first kappa shape index (κ1) is 19.0. The first-order valence-corrected chi connectivity index (χ1v) is 9.56. The lowest BCUT2D eigenvalue weighted by Gasteiger charge is -2.28. The molecule has 1 fully saturated rings. The Morgan fingerprint density at radius 3 is 2.62 bits per heavy atom. The first-order valence-electron chi connectivity index (χ1n) is 9.56. The maximum absolute atomic E-state index is 11.0. The molecule has 0 aliphatic heterocycles. The third-order valence-electron chi connectivity index (χ3n) is 5.26. The van der Waals surface area contributed by atoms with Crippen molar-refractivity contribution in [1.29, 1.82) is 0 Å². The molecule has 0 spiro atoms. The van der Waals surface area contributed by atoms with Gasteiger partial charge < -0.3 is 10.4 Å². The summed E-state index contributed by atoms with van der Waals surface area (Å²) in [5, 5.41) is 12.9. The summed E-state index contributed by atoms with van der Waals surface area (Å²) in [5.41, 5.74) is 1.29. The molecule has 0 amide bonds. The number of benzene rings is 1. The highest BCUT2D eigenvalue weighted by Crippen LogP contribution is 2.31. The molecule has 1 aromatic rings. The molecule has 2 rings (SSSR count). The van der Waals surface area contributed by atoms with Crippen LogP contribution in [0, 0.1) is 11.8 Å². The number of nitrogens with one attached hydrogen (secondary N) is 1. The van der Waals surface area contributed by atoms with Crippen molar-refractivity contribution in [2.24, 2.45) is 11.8 Å². The lowest BCUT2D eigenvalue weighted by Crippen LogP contribution is -2.42. The van der Waals surface area contributed by atoms with Crippen molar-refractivity contribution in [2.75, 3.05) is 0 Å². The number of hydrogen-bond donors (Lipinski definition) is 2. The Kier molecular flexibility index (Phi) is 7.77. The Morgan fingerprint density at radius 2 is 1.96 bits per heavy atom. The van der Waals surface area contributed by atoms with E-state index in [0.29, 0.717) is 12.5 Å². The monoisotopic (exact) mass is 331 g/mol. The van der Waals surface area contributed by atoms with Crippen LogP contribution in [0.4, 0.5) is 0 Å². The van der Waals surface area contributed by atoms with Gasteiger partial charge >= 0.3 is 5.97 Å². The molecule has 0 saturated heterocycles. The average molecular weight is 332 g/mol. The molecule has 0 bridgehead atoms. The SMILES string of the molecule is CC(C)CCC1CCCC1NC(CCC(=O)O)Cc1ccccc1. The van der Waals surface area contributed by atoms with Gasteiger partial charge in [-0.1, -0.05) is 57.0 Å². The smallest absolute Gasteiger partial charge is 0.303 e. The average Bonchev–Trinajstić information content (AvgIpc) is 2.98. The quantitative estimate of drug-likeness (QED) is 0.656. The zero-order valence-electron chi connectivity index (χ0n) is 15.2. The van der Waals surface area contributed by atoms with Crippen LogP contribution < -0.4 is 5.32 Å². The van der Waals surface area contributed by atoms with Crippen molar-refractivity contribution in [3.05, 3.63) is 35.9 Å². The summed E-state index contributed by atoms with van der Waals surface area (Å²) in [7, 11) is 0. The van der Waals surface area contributed by atoms with E-state index < -0.39 is 5.97 Å². The second-order valence-corrected chi connectivity index (χ2v) is 7.75.